The molecule has 160 valence electrons. The van der Waals surface area contributed by atoms with Gasteiger partial charge in [-0.3, -0.25) is 9.69 Å². The van der Waals surface area contributed by atoms with Crippen LogP contribution < -0.4 is 4.90 Å². The third kappa shape index (κ3) is 4.08. The number of rotatable bonds is 5. The zero-order valence-electron chi connectivity index (χ0n) is 18.8. The fraction of sp³-hybridized carbons (Fsp3) is 0.792. The summed E-state index contributed by atoms with van der Waals surface area (Å²) in [5.41, 5.74) is 1.25. The summed E-state index contributed by atoms with van der Waals surface area (Å²) in [6.45, 7) is 13.2. The second-order valence-electron chi connectivity index (χ2n) is 10.3. The third-order valence-electron chi connectivity index (χ3n) is 7.71. The van der Waals surface area contributed by atoms with E-state index in [0.717, 1.165) is 38.3 Å². The molecule has 2 bridgehead atoms. The van der Waals surface area contributed by atoms with Crippen LogP contribution in [0.3, 0.4) is 0 Å². The molecule has 5 atom stereocenters. The largest absolute Gasteiger partial charge is 0.332 e. The molecule has 4 rings (SSSR count). The van der Waals surface area contributed by atoms with Crippen LogP contribution in [-0.2, 0) is 4.79 Å². The van der Waals surface area contributed by atoms with Crippen molar-refractivity contribution >= 4 is 11.7 Å². The van der Waals surface area contributed by atoms with Crippen molar-refractivity contribution in [3.05, 3.63) is 18.0 Å². The monoisotopic (exact) mass is 398 g/mol. The van der Waals surface area contributed by atoms with Crippen molar-refractivity contribution in [1.29, 1.82) is 0 Å². The maximum atomic E-state index is 12.5. The molecule has 0 aromatic carbocycles. The minimum absolute atomic E-state index is 0.146. The van der Waals surface area contributed by atoms with Crippen LogP contribution >= 0.6 is 0 Å². The van der Waals surface area contributed by atoms with Crippen LogP contribution in [0, 0.1) is 17.8 Å². The summed E-state index contributed by atoms with van der Waals surface area (Å²) < 4.78 is 0. The molecular formula is C24H38N4O. The van der Waals surface area contributed by atoms with E-state index in [1.807, 2.05) is 13.8 Å². The molecule has 3 aliphatic rings. The van der Waals surface area contributed by atoms with E-state index in [-0.39, 0.29) is 11.8 Å². The smallest absolute Gasteiger partial charge is 0.225 e. The van der Waals surface area contributed by atoms with Crippen LogP contribution in [0.2, 0.25) is 0 Å². The normalized spacial score (nSPS) is 32.9. The van der Waals surface area contributed by atoms with E-state index >= 15 is 0 Å². The van der Waals surface area contributed by atoms with Gasteiger partial charge in [-0.15, -0.1) is 0 Å². The van der Waals surface area contributed by atoms with Crippen molar-refractivity contribution in [2.75, 3.05) is 18.0 Å². The number of fused-ring (bicyclic) bond motifs is 2. The number of carbonyl (C=O) groups excluding carboxylic acids is 1. The molecule has 0 N–H and O–H groups in total. The number of piperazine rings is 1. The zero-order valence-corrected chi connectivity index (χ0v) is 18.8. The molecular weight excluding hydrogens is 360 g/mol. The van der Waals surface area contributed by atoms with Gasteiger partial charge in [-0.1, -0.05) is 20.8 Å². The van der Waals surface area contributed by atoms with E-state index in [9.17, 15) is 4.79 Å². The SMILES string of the molecule is CC(C)C(=O)[C@H]1CCC(c2cnc(N3C4CCC3CN(C(C)C)C4)nc2)CC1C. The minimum atomic E-state index is 0.146. The highest BCUT2D eigenvalue weighted by Crippen LogP contribution is 2.41. The molecule has 3 heterocycles. The molecule has 1 aromatic rings. The van der Waals surface area contributed by atoms with Gasteiger partial charge in [-0.2, -0.15) is 0 Å². The van der Waals surface area contributed by atoms with E-state index in [0.29, 0.717) is 35.7 Å². The summed E-state index contributed by atoms with van der Waals surface area (Å²) in [7, 11) is 0. The van der Waals surface area contributed by atoms with E-state index < -0.39 is 0 Å². The van der Waals surface area contributed by atoms with Gasteiger partial charge in [0.2, 0.25) is 5.95 Å². The number of carbonyl (C=O) groups is 1. The van der Waals surface area contributed by atoms with Gasteiger partial charge >= 0.3 is 0 Å². The van der Waals surface area contributed by atoms with Crippen LogP contribution in [0.25, 0.3) is 0 Å². The summed E-state index contributed by atoms with van der Waals surface area (Å²) in [6, 6.07) is 1.72. The Kier molecular flexibility index (Phi) is 5.97. The lowest BCUT2D eigenvalue weighted by molar-refractivity contribution is -0.128. The molecule has 0 amide bonds. The van der Waals surface area contributed by atoms with Crippen LogP contribution in [0.15, 0.2) is 12.4 Å². The van der Waals surface area contributed by atoms with E-state index in [2.05, 4.69) is 43.0 Å². The molecule has 2 saturated heterocycles. The number of aromatic nitrogens is 2. The van der Waals surface area contributed by atoms with Crippen molar-refractivity contribution in [2.24, 2.45) is 17.8 Å². The highest BCUT2D eigenvalue weighted by Gasteiger charge is 2.42. The molecule has 1 aliphatic carbocycles. The van der Waals surface area contributed by atoms with Crippen molar-refractivity contribution in [3.8, 4) is 0 Å². The predicted molar refractivity (Wildman–Crippen MR) is 117 cm³/mol. The van der Waals surface area contributed by atoms with Crippen LogP contribution in [0.1, 0.15) is 78.2 Å². The molecule has 5 heteroatoms. The van der Waals surface area contributed by atoms with Gasteiger partial charge in [0.05, 0.1) is 0 Å². The van der Waals surface area contributed by atoms with Gasteiger partial charge < -0.3 is 4.90 Å². The Morgan fingerprint density at radius 2 is 1.62 bits per heavy atom. The molecule has 4 unspecified atom stereocenters. The second-order valence-corrected chi connectivity index (χ2v) is 10.3. The van der Waals surface area contributed by atoms with Crippen molar-refractivity contribution in [1.82, 2.24) is 14.9 Å². The first-order valence-corrected chi connectivity index (χ1v) is 11.7. The molecule has 1 aromatic heterocycles. The standard InChI is InChI=1S/C24H38N4O/c1-15(2)23(29)22-9-6-18(10-17(22)5)19-11-25-24(26-12-19)28-20-7-8-21(28)14-27(13-20)16(3)4/h11-12,15-18,20-22H,6-10,13-14H2,1-5H3/t17?,18?,20?,21?,22-/m0/s1. The number of likely N-dealkylation sites (tertiary alicyclic amines) is 1. The summed E-state index contributed by atoms with van der Waals surface area (Å²) in [5, 5.41) is 0. The lowest BCUT2D eigenvalue weighted by Gasteiger charge is -2.42. The number of hydrogen-bond donors (Lipinski definition) is 0. The van der Waals surface area contributed by atoms with Crippen molar-refractivity contribution in [2.45, 2.75) is 90.8 Å². The summed E-state index contributed by atoms with van der Waals surface area (Å²) in [4.78, 5) is 27.2. The first-order chi connectivity index (χ1) is 13.8. The fourth-order valence-electron chi connectivity index (χ4n) is 5.91. The molecule has 2 aliphatic heterocycles. The van der Waals surface area contributed by atoms with E-state index in [1.54, 1.807) is 0 Å². The van der Waals surface area contributed by atoms with Gasteiger partial charge in [0, 0.05) is 55.4 Å². The Balaban J connectivity index is 1.41. The van der Waals surface area contributed by atoms with Gasteiger partial charge in [0.25, 0.3) is 0 Å². The fourth-order valence-corrected chi connectivity index (χ4v) is 5.91. The Morgan fingerprint density at radius 1 is 1.00 bits per heavy atom. The molecule has 0 spiro atoms. The number of anilines is 1. The highest BCUT2D eigenvalue weighted by atomic mass is 16.1. The maximum Gasteiger partial charge on any atom is 0.225 e. The zero-order chi connectivity index (χ0) is 20.7. The van der Waals surface area contributed by atoms with Crippen LogP contribution in [-0.4, -0.2) is 51.9 Å². The summed E-state index contributed by atoms with van der Waals surface area (Å²) >= 11 is 0. The lowest BCUT2D eigenvalue weighted by Crippen LogP contribution is -2.56. The molecule has 1 saturated carbocycles. The summed E-state index contributed by atoms with van der Waals surface area (Å²) in [6.07, 6.45) is 9.80. The average Bonchev–Trinajstić information content (AvgIpc) is 2.96. The maximum absolute atomic E-state index is 12.5. The average molecular weight is 399 g/mol. The number of nitrogens with zero attached hydrogens (tertiary/aromatic N) is 4. The van der Waals surface area contributed by atoms with E-state index in [1.165, 1.54) is 18.4 Å². The van der Waals surface area contributed by atoms with Gasteiger partial charge in [0.15, 0.2) is 0 Å². The topological polar surface area (TPSA) is 49.3 Å². The number of hydrogen-bond acceptors (Lipinski definition) is 5. The van der Waals surface area contributed by atoms with Gasteiger partial charge in [-0.05, 0) is 63.4 Å². The molecule has 29 heavy (non-hydrogen) atoms. The Hall–Kier alpha value is -1.49. The van der Waals surface area contributed by atoms with Crippen molar-refractivity contribution < 1.29 is 4.79 Å². The molecule has 3 fully saturated rings. The minimum Gasteiger partial charge on any atom is -0.332 e. The second kappa shape index (κ2) is 8.33. The number of Topliss-reactive ketones (excluding diaryl/α,β-unsaturated/α-hetero) is 1. The van der Waals surface area contributed by atoms with Crippen molar-refractivity contribution in [3.63, 3.8) is 0 Å². The Labute approximate surface area is 176 Å². The number of ketones is 1. The highest BCUT2D eigenvalue weighted by molar-refractivity contribution is 5.83. The van der Waals surface area contributed by atoms with E-state index in [4.69, 9.17) is 9.97 Å². The predicted octanol–water partition coefficient (Wildman–Crippen LogP) is 4.28. The van der Waals surface area contributed by atoms with Crippen LogP contribution in [0.5, 0.6) is 0 Å². The van der Waals surface area contributed by atoms with Gasteiger partial charge in [-0.25, -0.2) is 9.97 Å². The summed E-state index contributed by atoms with van der Waals surface area (Å²) in [5.74, 6) is 2.68. The Morgan fingerprint density at radius 3 is 2.14 bits per heavy atom. The third-order valence-corrected chi connectivity index (χ3v) is 7.71. The van der Waals surface area contributed by atoms with Gasteiger partial charge in [0.1, 0.15) is 5.78 Å². The quantitative estimate of drug-likeness (QED) is 0.741. The molecule has 5 nitrogen and oxygen atoms in total. The van der Waals surface area contributed by atoms with Crippen LogP contribution in [0.4, 0.5) is 5.95 Å². The Bertz CT molecular complexity index is 702. The molecule has 0 radical (unpaired) electrons. The lowest BCUT2D eigenvalue weighted by atomic mass is 9.70. The first-order valence-electron chi connectivity index (χ1n) is 11.7. The first kappa shape index (κ1) is 20.8.